The van der Waals surface area contributed by atoms with Crippen LogP contribution in [0.4, 0.5) is 0 Å². The highest BCUT2D eigenvalue weighted by Gasteiger charge is 2.40. The summed E-state index contributed by atoms with van der Waals surface area (Å²) in [6.45, 7) is 7.54. The van der Waals surface area contributed by atoms with Gasteiger partial charge in [-0.15, -0.1) is 0 Å². The number of carboxylic acid groups (broad SMARTS) is 1. The number of nitrogens with one attached hydrogen (secondary N) is 1. The SMILES string of the molecule is CCN1CCN(CC(NC)(C(=O)O)c2ccccc2)CC1. The van der Waals surface area contributed by atoms with Crippen molar-refractivity contribution in [3.8, 4) is 0 Å². The zero-order valence-corrected chi connectivity index (χ0v) is 12.9. The highest BCUT2D eigenvalue weighted by atomic mass is 16.4. The Hall–Kier alpha value is -1.43. The molecule has 1 heterocycles. The van der Waals surface area contributed by atoms with Gasteiger partial charge in [0.2, 0.25) is 0 Å². The van der Waals surface area contributed by atoms with E-state index in [4.69, 9.17) is 0 Å². The topological polar surface area (TPSA) is 55.8 Å². The van der Waals surface area contributed by atoms with Crippen LogP contribution in [0.1, 0.15) is 12.5 Å². The number of hydrogen-bond acceptors (Lipinski definition) is 4. The van der Waals surface area contributed by atoms with Crippen LogP contribution in [0.3, 0.4) is 0 Å². The second-order valence-electron chi connectivity index (χ2n) is 5.54. The van der Waals surface area contributed by atoms with Crippen molar-refractivity contribution in [3.63, 3.8) is 0 Å². The Kier molecular flexibility index (Phi) is 5.33. The van der Waals surface area contributed by atoms with Gasteiger partial charge in [-0.1, -0.05) is 37.3 Å². The smallest absolute Gasteiger partial charge is 0.329 e. The number of piperazine rings is 1. The summed E-state index contributed by atoms with van der Waals surface area (Å²) < 4.78 is 0. The zero-order valence-electron chi connectivity index (χ0n) is 12.9. The molecule has 1 fully saturated rings. The maximum atomic E-state index is 11.9. The third-order valence-corrected chi connectivity index (χ3v) is 4.43. The van der Waals surface area contributed by atoms with Gasteiger partial charge in [-0.25, -0.2) is 4.79 Å². The van der Waals surface area contributed by atoms with Crippen molar-refractivity contribution in [2.75, 3.05) is 46.3 Å². The van der Waals surface area contributed by atoms with E-state index in [9.17, 15) is 9.90 Å². The van der Waals surface area contributed by atoms with Crippen molar-refractivity contribution in [1.82, 2.24) is 15.1 Å². The average Bonchev–Trinajstić information content (AvgIpc) is 2.54. The van der Waals surface area contributed by atoms with E-state index in [1.165, 1.54) is 0 Å². The van der Waals surface area contributed by atoms with Crippen LogP contribution in [-0.2, 0) is 10.3 Å². The third-order valence-electron chi connectivity index (χ3n) is 4.43. The highest BCUT2D eigenvalue weighted by Crippen LogP contribution is 2.23. The fourth-order valence-electron chi connectivity index (χ4n) is 2.93. The molecule has 0 radical (unpaired) electrons. The van der Waals surface area contributed by atoms with Crippen molar-refractivity contribution in [2.24, 2.45) is 0 Å². The van der Waals surface area contributed by atoms with E-state index in [0.29, 0.717) is 6.54 Å². The highest BCUT2D eigenvalue weighted by molar-refractivity contribution is 5.81. The Balaban J connectivity index is 2.16. The van der Waals surface area contributed by atoms with Gasteiger partial charge in [0.25, 0.3) is 0 Å². The molecule has 0 spiro atoms. The van der Waals surface area contributed by atoms with E-state index in [-0.39, 0.29) is 0 Å². The Labute approximate surface area is 126 Å². The second kappa shape index (κ2) is 7.02. The molecule has 0 bridgehead atoms. The Morgan fingerprint density at radius 2 is 1.76 bits per heavy atom. The Morgan fingerprint density at radius 3 is 2.24 bits per heavy atom. The summed E-state index contributed by atoms with van der Waals surface area (Å²) in [5, 5.41) is 12.9. The molecule has 1 aromatic rings. The fraction of sp³-hybridized carbons (Fsp3) is 0.562. The van der Waals surface area contributed by atoms with Gasteiger partial charge in [0.1, 0.15) is 0 Å². The van der Waals surface area contributed by atoms with Gasteiger partial charge in [0.15, 0.2) is 5.54 Å². The summed E-state index contributed by atoms with van der Waals surface area (Å²) in [6.07, 6.45) is 0. The first kappa shape index (κ1) is 15.9. The number of hydrogen-bond donors (Lipinski definition) is 2. The molecular weight excluding hydrogens is 266 g/mol. The minimum Gasteiger partial charge on any atom is -0.480 e. The molecular formula is C16H25N3O2. The lowest BCUT2D eigenvalue weighted by Crippen LogP contribution is -2.58. The van der Waals surface area contributed by atoms with Gasteiger partial charge in [0.05, 0.1) is 0 Å². The molecule has 1 saturated heterocycles. The number of likely N-dealkylation sites (N-methyl/N-ethyl adjacent to an activating group) is 2. The lowest BCUT2D eigenvalue weighted by atomic mass is 9.89. The molecule has 0 amide bonds. The van der Waals surface area contributed by atoms with E-state index in [1.54, 1.807) is 7.05 Å². The molecule has 2 N–H and O–H groups in total. The standard InChI is InChI=1S/C16H25N3O2/c1-3-18-9-11-19(12-10-18)13-16(17-2,15(20)21)14-7-5-4-6-8-14/h4-8,17H,3,9-13H2,1-2H3,(H,20,21). The van der Waals surface area contributed by atoms with Gasteiger partial charge in [-0.3, -0.25) is 4.90 Å². The van der Waals surface area contributed by atoms with Crippen LogP contribution in [0.25, 0.3) is 0 Å². The van der Waals surface area contributed by atoms with Crippen LogP contribution in [0.2, 0.25) is 0 Å². The van der Waals surface area contributed by atoms with E-state index < -0.39 is 11.5 Å². The number of carbonyl (C=O) groups is 1. The first-order valence-corrected chi connectivity index (χ1v) is 7.55. The van der Waals surface area contributed by atoms with Crippen molar-refractivity contribution in [3.05, 3.63) is 35.9 Å². The molecule has 0 aliphatic carbocycles. The lowest BCUT2D eigenvalue weighted by molar-refractivity contribution is -0.146. The number of carboxylic acids is 1. The first-order chi connectivity index (χ1) is 10.1. The Morgan fingerprint density at radius 1 is 1.19 bits per heavy atom. The summed E-state index contributed by atoms with van der Waals surface area (Å²) >= 11 is 0. The van der Waals surface area contributed by atoms with Gasteiger partial charge < -0.3 is 15.3 Å². The molecule has 116 valence electrons. The number of nitrogens with zero attached hydrogens (tertiary/aromatic N) is 2. The molecule has 2 rings (SSSR count). The molecule has 0 aromatic heterocycles. The molecule has 1 aliphatic rings. The van der Waals surface area contributed by atoms with Crippen molar-refractivity contribution < 1.29 is 9.90 Å². The number of rotatable bonds is 6. The van der Waals surface area contributed by atoms with E-state index >= 15 is 0 Å². The van der Waals surface area contributed by atoms with Crippen LogP contribution in [0.5, 0.6) is 0 Å². The van der Waals surface area contributed by atoms with Gasteiger partial charge in [0, 0.05) is 32.7 Å². The summed E-state index contributed by atoms with van der Waals surface area (Å²) in [5.74, 6) is -0.825. The van der Waals surface area contributed by atoms with Crippen LogP contribution >= 0.6 is 0 Å². The average molecular weight is 291 g/mol. The van der Waals surface area contributed by atoms with Crippen molar-refractivity contribution in [2.45, 2.75) is 12.5 Å². The van der Waals surface area contributed by atoms with Crippen molar-refractivity contribution in [1.29, 1.82) is 0 Å². The lowest BCUT2D eigenvalue weighted by Gasteiger charge is -2.39. The minimum atomic E-state index is -1.05. The van der Waals surface area contributed by atoms with E-state index in [0.717, 1.165) is 38.3 Å². The van der Waals surface area contributed by atoms with Gasteiger partial charge in [-0.05, 0) is 19.2 Å². The molecule has 5 heteroatoms. The first-order valence-electron chi connectivity index (χ1n) is 7.55. The number of benzene rings is 1. The van der Waals surface area contributed by atoms with Crippen molar-refractivity contribution >= 4 is 5.97 Å². The predicted octanol–water partition coefficient (Wildman–Crippen LogP) is 0.823. The van der Waals surface area contributed by atoms with Crippen LogP contribution in [0.15, 0.2) is 30.3 Å². The normalized spacial score (nSPS) is 20.1. The molecule has 21 heavy (non-hydrogen) atoms. The molecule has 1 unspecified atom stereocenters. The fourth-order valence-corrected chi connectivity index (χ4v) is 2.93. The molecule has 1 aliphatic heterocycles. The van der Waals surface area contributed by atoms with Crippen LogP contribution in [0, 0.1) is 0 Å². The minimum absolute atomic E-state index is 0.487. The summed E-state index contributed by atoms with van der Waals surface area (Å²) in [5.41, 5.74) is -0.242. The monoisotopic (exact) mass is 291 g/mol. The summed E-state index contributed by atoms with van der Waals surface area (Å²) in [4.78, 5) is 16.6. The summed E-state index contributed by atoms with van der Waals surface area (Å²) in [6, 6.07) is 9.45. The quantitative estimate of drug-likeness (QED) is 0.813. The Bertz CT molecular complexity index is 458. The van der Waals surface area contributed by atoms with Crippen LogP contribution in [-0.4, -0.2) is 67.2 Å². The van der Waals surface area contributed by atoms with E-state index in [1.807, 2.05) is 30.3 Å². The number of aliphatic carboxylic acids is 1. The molecule has 1 aromatic carbocycles. The maximum Gasteiger partial charge on any atom is 0.329 e. The second-order valence-corrected chi connectivity index (χ2v) is 5.54. The largest absolute Gasteiger partial charge is 0.480 e. The molecule has 0 saturated carbocycles. The van der Waals surface area contributed by atoms with Gasteiger partial charge in [-0.2, -0.15) is 0 Å². The third kappa shape index (κ3) is 3.43. The summed E-state index contributed by atoms with van der Waals surface area (Å²) in [7, 11) is 1.73. The molecule has 5 nitrogen and oxygen atoms in total. The zero-order chi connectivity index (χ0) is 15.3. The maximum absolute atomic E-state index is 11.9. The molecule has 1 atom stereocenters. The predicted molar refractivity (Wildman–Crippen MR) is 83.4 cm³/mol. The van der Waals surface area contributed by atoms with Gasteiger partial charge >= 0.3 is 5.97 Å². The van der Waals surface area contributed by atoms with Crippen LogP contribution < -0.4 is 5.32 Å². The van der Waals surface area contributed by atoms with E-state index in [2.05, 4.69) is 22.0 Å².